The van der Waals surface area contributed by atoms with Crippen LogP contribution in [0.1, 0.15) is 18.9 Å². The van der Waals surface area contributed by atoms with Crippen molar-refractivity contribution in [3.8, 4) is 0 Å². The van der Waals surface area contributed by atoms with Crippen LogP contribution in [0.3, 0.4) is 0 Å². The van der Waals surface area contributed by atoms with Gasteiger partial charge in [-0.15, -0.1) is 0 Å². The van der Waals surface area contributed by atoms with Gasteiger partial charge in [0.05, 0.1) is 6.61 Å². The standard InChI is InChI=1S/C12H18N2O6/c1-7-5-14(10(18)13-9(7)17)11(2)4-8(16)12(6-15,19-3)20-11/h5,8,15-16H,4,6H2,1-3H3,(H,13,17,18)/t8-,11+,12+/m0/s1. The van der Waals surface area contributed by atoms with E-state index in [9.17, 15) is 19.8 Å². The fourth-order valence-electron chi connectivity index (χ4n) is 2.44. The summed E-state index contributed by atoms with van der Waals surface area (Å²) in [5.74, 6) is -1.59. The van der Waals surface area contributed by atoms with Crippen molar-refractivity contribution in [2.24, 2.45) is 0 Å². The third kappa shape index (κ3) is 2.10. The number of aromatic nitrogens is 2. The molecule has 0 aromatic carbocycles. The number of aliphatic hydroxyl groups is 2. The number of H-pyrrole nitrogens is 1. The summed E-state index contributed by atoms with van der Waals surface area (Å²) in [6.07, 6.45) is 0.283. The van der Waals surface area contributed by atoms with E-state index in [1.165, 1.54) is 17.9 Å². The molecule has 20 heavy (non-hydrogen) atoms. The molecule has 0 amide bonds. The summed E-state index contributed by atoms with van der Waals surface area (Å²) in [7, 11) is 1.30. The van der Waals surface area contributed by atoms with E-state index in [2.05, 4.69) is 4.98 Å². The van der Waals surface area contributed by atoms with Crippen molar-refractivity contribution < 1.29 is 19.7 Å². The first-order chi connectivity index (χ1) is 9.28. The summed E-state index contributed by atoms with van der Waals surface area (Å²) in [5.41, 5.74) is -2.03. The Kier molecular flexibility index (Phi) is 3.59. The molecule has 0 radical (unpaired) electrons. The van der Waals surface area contributed by atoms with Crippen LogP contribution in [0.4, 0.5) is 0 Å². The van der Waals surface area contributed by atoms with Crippen molar-refractivity contribution in [2.45, 2.75) is 37.9 Å². The van der Waals surface area contributed by atoms with Gasteiger partial charge in [-0.1, -0.05) is 0 Å². The number of aliphatic hydroxyl groups excluding tert-OH is 2. The number of methoxy groups -OCH3 is 1. The second-order valence-corrected chi connectivity index (χ2v) is 5.11. The maximum absolute atomic E-state index is 11.9. The third-order valence-corrected chi connectivity index (χ3v) is 3.67. The Labute approximate surface area is 114 Å². The van der Waals surface area contributed by atoms with Crippen LogP contribution in [0.25, 0.3) is 0 Å². The minimum absolute atomic E-state index is 0.0345. The van der Waals surface area contributed by atoms with Crippen molar-refractivity contribution >= 4 is 0 Å². The average Bonchev–Trinajstić information content (AvgIpc) is 2.66. The number of hydrogen-bond donors (Lipinski definition) is 3. The van der Waals surface area contributed by atoms with E-state index in [1.807, 2.05) is 0 Å². The highest BCUT2D eigenvalue weighted by Gasteiger charge is 2.55. The Hall–Kier alpha value is -1.48. The summed E-state index contributed by atoms with van der Waals surface area (Å²) in [6.45, 7) is 2.57. The maximum Gasteiger partial charge on any atom is 0.330 e. The number of aryl methyl sites for hydroxylation is 1. The number of nitrogens with one attached hydrogen (secondary N) is 1. The lowest BCUT2D eigenvalue weighted by molar-refractivity contribution is -0.291. The van der Waals surface area contributed by atoms with Gasteiger partial charge in [0.25, 0.3) is 5.56 Å². The van der Waals surface area contributed by atoms with Gasteiger partial charge in [0.2, 0.25) is 5.79 Å². The molecule has 1 aliphatic rings. The first-order valence-electron chi connectivity index (χ1n) is 6.15. The molecule has 0 bridgehead atoms. The minimum Gasteiger partial charge on any atom is -0.391 e. The third-order valence-electron chi connectivity index (χ3n) is 3.67. The van der Waals surface area contributed by atoms with Crippen molar-refractivity contribution in [1.29, 1.82) is 0 Å². The molecule has 8 nitrogen and oxygen atoms in total. The molecule has 1 fully saturated rings. The van der Waals surface area contributed by atoms with Crippen LogP contribution in [0.15, 0.2) is 15.8 Å². The smallest absolute Gasteiger partial charge is 0.330 e. The number of hydrogen-bond acceptors (Lipinski definition) is 6. The Balaban J connectivity index is 2.51. The van der Waals surface area contributed by atoms with Crippen LogP contribution in [0.5, 0.6) is 0 Å². The molecule has 1 aromatic heterocycles. The Bertz CT molecular complexity index is 617. The van der Waals surface area contributed by atoms with Gasteiger partial charge in [0.1, 0.15) is 6.10 Å². The van der Waals surface area contributed by atoms with Gasteiger partial charge in [-0.05, 0) is 13.8 Å². The van der Waals surface area contributed by atoms with Gasteiger partial charge in [0, 0.05) is 25.3 Å². The Morgan fingerprint density at radius 3 is 2.75 bits per heavy atom. The molecule has 1 saturated heterocycles. The predicted octanol–water partition coefficient (Wildman–Crippen LogP) is -1.37. The van der Waals surface area contributed by atoms with Gasteiger partial charge in [-0.25, -0.2) is 4.79 Å². The van der Waals surface area contributed by atoms with E-state index >= 15 is 0 Å². The van der Waals surface area contributed by atoms with Gasteiger partial charge in [0.15, 0.2) is 5.72 Å². The van der Waals surface area contributed by atoms with Gasteiger partial charge in [-0.2, -0.15) is 0 Å². The molecule has 3 N–H and O–H groups in total. The van der Waals surface area contributed by atoms with Crippen LogP contribution in [0.2, 0.25) is 0 Å². The topological polar surface area (TPSA) is 114 Å². The highest BCUT2D eigenvalue weighted by molar-refractivity contribution is 5.04. The molecular formula is C12H18N2O6. The molecule has 2 rings (SSSR count). The molecule has 8 heteroatoms. The molecule has 0 aliphatic carbocycles. The van der Waals surface area contributed by atoms with E-state index in [-0.39, 0.29) is 6.42 Å². The quantitative estimate of drug-likeness (QED) is 0.632. The monoisotopic (exact) mass is 286 g/mol. The Morgan fingerprint density at radius 1 is 1.60 bits per heavy atom. The second kappa shape index (κ2) is 4.81. The summed E-state index contributed by atoms with van der Waals surface area (Å²) >= 11 is 0. The highest BCUT2D eigenvalue weighted by atomic mass is 16.7. The van der Waals surface area contributed by atoms with E-state index in [0.29, 0.717) is 5.56 Å². The fourth-order valence-corrected chi connectivity index (χ4v) is 2.44. The number of ether oxygens (including phenoxy) is 2. The molecule has 0 unspecified atom stereocenters. The van der Waals surface area contributed by atoms with Crippen LogP contribution in [0, 0.1) is 6.92 Å². The first-order valence-corrected chi connectivity index (χ1v) is 6.15. The van der Waals surface area contributed by atoms with E-state index < -0.39 is 35.5 Å². The fraction of sp³-hybridized carbons (Fsp3) is 0.667. The highest BCUT2D eigenvalue weighted by Crippen LogP contribution is 2.40. The lowest BCUT2D eigenvalue weighted by Crippen LogP contribution is -2.47. The Morgan fingerprint density at radius 2 is 2.25 bits per heavy atom. The summed E-state index contributed by atoms with van der Waals surface area (Å²) in [4.78, 5) is 25.5. The minimum atomic E-state index is -1.59. The molecule has 0 saturated carbocycles. The lowest BCUT2D eigenvalue weighted by Gasteiger charge is -2.32. The molecule has 1 aliphatic heterocycles. The molecule has 0 spiro atoms. The molecule has 112 valence electrons. The molecule has 1 aromatic rings. The van der Waals surface area contributed by atoms with Crippen molar-refractivity contribution in [2.75, 3.05) is 13.7 Å². The lowest BCUT2D eigenvalue weighted by atomic mass is 10.1. The van der Waals surface area contributed by atoms with Crippen molar-refractivity contribution in [3.63, 3.8) is 0 Å². The normalized spacial score (nSPS) is 33.5. The predicted molar refractivity (Wildman–Crippen MR) is 68.2 cm³/mol. The summed E-state index contributed by atoms with van der Waals surface area (Å²) in [5, 5.41) is 19.4. The van der Waals surface area contributed by atoms with Crippen LogP contribution >= 0.6 is 0 Å². The van der Waals surface area contributed by atoms with E-state index in [4.69, 9.17) is 9.47 Å². The van der Waals surface area contributed by atoms with Gasteiger partial charge >= 0.3 is 5.69 Å². The van der Waals surface area contributed by atoms with Gasteiger partial charge < -0.3 is 19.7 Å². The van der Waals surface area contributed by atoms with Crippen LogP contribution < -0.4 is 11.2 Å². The zero-order valence-corrected chi connectivity index (χ0v) is 11.5. The van der Waals surface area contributed by atoms with Crippen LogP contribution in [-0.2, 0) is 15.2 Å². The average molecular weight is 286 g/mol. The van der Waals surface area contributed by atoms with Crippen molar-refractivity contribution in [3.05, 3.63) is 32.6 Å². The van der Waals surface area contributed by atoms with Gasteiger partial charge in [-0.3, -0.25) is 14.3 Å². The van der Waals surface area contributed by atoms with E-state index in [1.54, 1.807) is 13.8 Å². The zero-order valence-electron chi connectivity index (χ0n) is 11.5. The molecule has 2 heterocycles. The molecular weight excluding hydrogens is 268 g/mol. The van der Waals surface area contributed by atoms with E-state index in [0.717, 1.165) is 0 Å². The van der Waals surface area contributed by atoms with Crippen molar-refractivity contribution in [1.82, 2.24) is 9.55 Å². The SMILES string of the molecule is CO[C@]1(CO)O[C@@](C)(n2cc(C)c(=O)[nH]c2=O)C[C@@H]1O. The number of aromatic amines is 1. The molecule has 3 atom stereocenters. The second-order valence-electron chi connectivity index (χ2n) is 5.11. The summed E-state index contributed by atoms with van der Waals surface area (Å²) in [6, 6.07) is 0. The summed E-state index contributed by atoms with van der Waals surface area (Å²) < 4.78 is 11.9. The number of rotatable bonds is 3. The largest absolute Gasteiger partial charge is 0.391 e. The maximum atomic E-state index is 11.9. The van der Waals surface area contributed by atoms with Crippen LogP contribution in [-0.4, -0.2) is 45.4 Å². The number of nitrogens with zero attached hydrogens (tertiary/aromatic N) is 1. The zero-order chi connectivity index (χ0) is 15.1. The first kappa shape index (κ1) is 14.9.